The van der Waals surface area contributed by atoms with E-state index in [9.17, 15) is 8.42 Å². The molecule has 23 heavy (non-hydrogen) atoms. The second kappa shape index (κ2) is 6.67. The van der Waals surface area contributed by atoms with E-state index in [1.54, 1.807) is 36.5 Å². The summed E-state index contributed by atoms with van der Waals surface area (Å²) < 4.78 is 25.5. The summed E-state index contributed by atoms with van der Waals surface area (Å²) in [6, 6.07) is 10.0. The van der Waals surface area contributed by atoms with Crippen LogP contribution in [0.2, 0.25) is 10.0 Å². The standard InChI is InChI=1S/C16H16Cl2N2O2S/c17-12-3-1-4-14(11-12)23(21,22)13-6-9-20(10-7-13)16-15(18)5-2-8-19-16/h1-5,8,11,13H,6-7,9-10H2. The van der Waals surface area contributed by atoms with E-state index in [-0.39, 0.29) is 0 Å². The maximum absolute atomic E-state index is 12.7. The molecule has 0 aliphatic carbocycles. The Labute approximate surface area is 146 Å². The predicted octanol–water partition coefficient (Wildman–Crippen LogP) is 3.83. The molecule has 0 N–H and O–H groups in total. The lowest BCUT2D eigenvalue weighted by Crippen LogP contribution is -2.39. The minimum Gasteiger partial charge on any atom is -0.355 e. The molecule has 0 amide bonds. The molecule has 122 valence electrons. The van der Waals surface area contributed by atoms with E-state index < -0.39 is 15.1 Å². The van der Waals surface area contributed by atoms with Crippen LogP contribution in [0.3, 0.4) is 0 Å². The lowest BCUT2D eigenvalue weighted by molar-refractivity contribution is 0.528. The average Bonchev–Trinajstić information content (AvgIpc) is 2.55. The zero-order chi connectivity index (χ0) is 16.4. The van der Waals surface area contributed by atoms with Gasteiger partial charge in [-0.3, -0.25) is 0 Å². The summed E-state index contributed by atoms with van der Waals surface area (Å²) >= 11 is 12.1. The van der Waals surface area contributed by atoms with Crippen LogP contribution in [0.5, 0.6) is 0 Å². The number of sulfone groups is 1. The van der Waals surface area contributed by atoms with Crippen molar-refractivity contribution in [1.29, 1.82) is 0 Å². The summed E-state index contributed by atoms with van der Waals surface area (Å²) in [4.78, 5) is 6.61. The van der Waals surface area contributed by atoms with Gasteiger partial charge in [-0.15, -0.1) is 0 Å². The lowest BCUT2D eigenvalue weighted by Gasteiger charge is -2.32. The number of benzene rings is 1. The van der Waals surface area contributed by atoms with Crippen molar-refractivity contribution in [2.45, 2.75) is 23.0 Å². The Morgan fingerprint density at radius 3 is 2.48 bits per heavy atom. The highest BCUT2D eigenvalue weighted by molar-refractivity contribution is 7.92. The Hall–Kier alpha value is -1.30. The van der Waals surface area contributed by atoms with E-state index in [1.165, 1.54) is 6.07 Å². The molecule has 1 saturated heterocycles. The van der Waals surface area contributed by atoms with Crippen molar-refractivity contribution in [1.82, 2.24) is 4.98 Å². The van der Waals surface area contributed by atoms with Crippen LogP contribution in [0.4, 0.5) is 5.82 Å². The first-order chi connectivity index (χ1) is 11.0. The predicted molar refractivity (Wildman–Crippen MR) is 93.1 cm³/mol. The van der Waals surface area contributed by atoms with Crippen LogP contribution in [0.25, 0.3) is 0 Å². The van der Waals surface area contributed by atoms with Crippen LogP contribution in [-0.2, 0) is 9.84 Å². The normalized spacial score (nSPS) is 16.5. The second-order valence-electron chi connectivity index (χ2n) is 5.50. The topological polar surface area (TPSA) is 50.3 Å². The van der Waals surface area contributed by atoms with Gasteiger partial charge in [0.2, 0.25) is 0 Å². The smallest absolute Gasteiger partial charge is 0.181 e. The Kier molecular flexibility index (Phi) is 4.80. The number of halogens is 2. The van der Waals surface area contributed by atoms with Gasteiger partial charge in [0.25, 0.3) is 0 Å². The summed E-state index contributed by atoms with van der Waals surface area (Å²) in [6.07, 6.45) is 2.78. The third kappa shape index (κ3) is 3.47. The molecule has 1 aromatic carbocycles. The Morgan fingerprint density at radius 1 is 1.09 bits per heavy atom. The van der Waals surface area contributed by atoms with Crippen molar-refractivity contribution in [3.63, 3.8) is 0 Å². The van der Waals surface area contributed by atoms with Crippen LogP contribution in [0.1, 0.15) is 12.8 Å². The molecule has 0 radical (unpaired) electrons. The number of nitrogens with zero attached hydrogens (tertiary/aromatic N) is 2. The molecule has 0 atom stereocenters. The number of hydrogen-bond donors (Lipinski definition) is 0. The highest BCUT2D eigenvalue weighted by atomic mass is 35.5. The minimum absolute atomic E-state index is 0.291. The first kappa shape index (κ1) is 16.6. The Bertz CT molecular complexity index is 803. The van der Waals surface area contributed by atoms with Gasteiger partial charge in [-0.2, -0.15) is 0 Å². The molecule has 0 bridgehead atoms. The molecule has 1 aromatic heterocycles. The van der Waals surface area contributed by atoms with E-state index in [1.807, 2.05) is 4.90 Å². The first-order valence-corrected chi connectivity index (χ1v) is 9.63. The van der Waals surface area contributed by atoms with Crippen molar-refractivity contribution in [2.75, 3.05) is 18.0 Å². The molecule has 1 aliphatic rings. The zero-order valence-corrected chi connectivity index (χ0v) is 14.7. The van der Waals surface area contributed by atoms with E-state index in [0.29, 0.717) is 46.7 Å². The molecule has 4 nitrogen and oxygen atoms in total. The molecule has 1 aliphatic heterocycles. The number of hydrogen-bond acceptors (Lipinski definition) is 4. The van der Waals surface area contributed by atoms with Gasteiger partial charge >= 0.3 is 0 Å². The van der Waals surface area contributed by atoms with Crippen LogP contribution >= 0.6 is 23.2 Å². The van der Waals surface area contributed by atoms with E-state index in [0.717, 1.165) is 0 Å². The summed E-state index contributed by atoms with van der Waals surface area (Å²) in [5.74, 6) is 0.716. The van der Waals surface area contributed by atoms with Crippen molar-refractivity contribution in [3.05, 3.63) is 52.6 Å². The highest BCUT2D eigenvalue weighted by Gasteiger charge is 2.32. The number of aromatic nitrogens is 1. The summed E-state index contributed by atoms with van der Waals surface area (Å²) in [7, 11) is -3.36. The van der Waals surface area contributed by atoms with Crippen LogP contribution < -0.4 is 4.90 Å². The van der Waals surface area contributed by atoms with Gasteiger partial charge < -0.3 is 4.90 Å². The monoisotopic (exact) mass is 370 g/mol. The Balaban J connectivity index is 1.75. The fourth-order valence-electron chi connectivity index (χ4n) is 2.82. The average molecular weight is 371 g/mol. The molecule has 2 heterocycles. The first-order valence-electron chi connectivity index (χ1n) is 7.33. The van der Waals surface area contributed by atoms with E-state index >= 15 is 0 Å². The van der Waals surface area contributed by atoms with Crippen LogP contribution in [0, 0.1) is 0 Å². The van der Waals surface area contributed by atoms with Gasteiger partial charge in [-0.05, 0) is 43.2 Å². The van der Waals surface area contributed by atoms with Gasteiger partial charge in [0, 0.05) is 24.3 Å². The molecule has 1 fully saturated rings. The molecule has 3 rings (SSSR count). The van der Waals surface area contributed by atoms with Gasteiger partial charge in [0.05, 0.1) is 15.2 Å². The molecular formula is C16H16Cl2N2O2S. The molecule has 7 heteroatoms. The van der Waals surface area contributed by atoms with Crippen molar-refractivity contribution in [3.8, 4) is 0 Å². The van der Waals surface area contributed by atoms with Gasteiger partial charge in [-0.1, -0.05) is 29.3 Å². The van der Waals surface area contributed by atoms with E-state index in [4.69, 9.17) is 23.2 Å². The summed E-state index contributed by atoms with van der Waals surface area (Å²) in [6.45, 7) is 1.22. The van der Waals surface area contributed by atoms with Gasteiger partial charge in [0.15, 0.2) is 9.84 Å². The number of pyridine rings is 1. The maximum Gasteiger partial charge on any atom is 0.181 e. The van der Waals surface area contributed by atoms with Crippen LogP contribution in [-0.4, -0.2) is 31.7 Å². The Morgan fingerprint density at radius 2 is 1.83 bits per heavy atom. The fourth-order valence-corrected chi connectivity index (χ4v) is 5.10. The molecule has 2 aromatic rings. The zero-order valence-electron chi connectivity index (χ0n) is 12.3. The number of anilines is 1. The van der Waals surface area contributed by atoms with Gasteiger partial charge in [0.1, 0.15) is 5.82 Å². The third-order valence-corrected chi connectivity index (χ3v) is 6.83. The molecule has 0 saturated carbocycles. The van der Waals surface area contributed by atoms with Crippen molar-refractivity contribution >= 4 is 38.9 Å². The summed E-state index contributed by atoms with van der Waals surface area (Å²) in [5.41, 5.74) is 0. The maximum atomic E-state index is 12.7. The SMILES string of the molecule is O=S(=O)(c1cccc(Cl)c1)C1CCN(c2ncccc2Cl)CC1. The molecular weight excluding hydrogens is 355 g/mol. The molecule has 0 unspecified atom stereocenters. The van der Waals surface area contributed by atoms with Gasteiger partial charge in [-0.25, -0.2) is 13.4 Å². The lowest BCUT2D eigenvalue weighted by atomic mass is 10.1. The second-order valence-corrected chi connectivity index (χ2v) is 8.57. The van der Waals surface area contributed by atoms with Crippen molar-refractivity contribution in [2.24, 2.45) is 0 Å². The van der Waals surface area contributed by atoms with Crippen molar-refractivity contribution < 1.29 is 8.42 Å². The number of piperidine rings is 1. The largest absolute Gasteiger partial charge is 0.355 e. The van der Waals surface area contributed by atoms with Crippen LogP contribution in [0.15, 0.2) is 47.5 Å². The summed E-state index contributed by atoms with van der Waals surface area (Å²) in [5, 5.41) is 0.618. The minimum atomic E-state index is -3.36. The highest BCUT2D eigenvalue weighted by Crippen LogP contribution is 2.30. The third-order valence-electron chi connectivity index (χ3n) is 4.04. The quantitative estimate of drug-likeness (QED) is 0.823. The van der Waals surface area contributed by atoms with E-state index in [2.05, 4.69) is 4.98 Å². The number of rotatable bonds is 3. The molecule has 0 spiro atoms. The fraction of sp³-hybridized carbons (Fsp3) is 0.312.